The fourth-order valence-electron chi connectivity index (χ4n) is 1.00. The Morgan fingerprint density at radius 1 is 1.19 bits per heavy atom. The van der Waals surface area contributed by atoms with E-state index in [0.717, 1.165) is 6.54 Å². The Hall–Kier alpha value is -1.63. The monoisotopic (exact) mass is 225 g/mol. The fourth-order valence-corrected chi connectivity index (χ4v) is 1.00. The molecule has 90 valence electrons. The van der Waals surface area contributed by atoms with Gasteiger partial charge >= 0.3 is 0 Å². The Bertz CT molecular complexity index is 337. The van der Waals surface area contributed by atoms with Crippen LogP contribution in [0.15, 0.2) is 0 Å². The van der Waals surface area contributed by atoms with E-state index in [0.29, 0.717) is 23.8 Å². The first-order chi connectivity index (χ1) is 7.52. The summed E-state index contributed by atoms with van der Waals surface area (Å²) in [4.78, 5) is 14.3. The molecule has 0 fully saturated rings. The summed E-state index contributed by atoms with van der Waals surface area (Å²) in [7, 11) is 3.73. The van der Waals surface area contributed by atoms with Gasteiger partial charge in [-0.3, -0.25) is 5.43 Å². The Morgan fingerprint density at radius 3 is 2.31 bits per heavy atom. The number of nitrogen functional groups attached to an aromatic ring is 1. The van der Waals surface area contributed by atoms with E-state index >= 15 is 0 Å². The molecule has 7 nitrogen and oxygen atoms in total. The van der Waals surface area contributed by atoms with Crippen molar-refractivity contribution in [2.24, 2.45) is 11.8 Å². The highest BCUT2D eigenvalue weighted by atomic mass is 15.4. The molecule has 0 amide bonds. The summed E-state index contributed by atoms with van der Waals surface area (Å²) in [5.41, 5.74) is 2.42. The molecule has 0 aliphatic carbocycles. The molecular weight excluding hydrogens is 206 g/mol. The first-order valence-corrected chi connectivity index (χ1v) is 5.16. The van der Waals surface area contributed by atoms with Crippen molar-refractivity contribution in [3.8, 4) is 0 Å². The van der Waals surface area contributed by atoms with Crippen molar-refractivity contribution in [2.75, 3.05) is 36.3 Å². The summed E-state index contributed by atoms with van der Waals surface area (Å²) >= 11 is 0. The molecule has 1 aromatic rings. The molecular formula is C9H19N7. The molecule has 16 heavy (non-hydrogen) atoms. The van der Waals surface area contributed by atoms with Gasteiger partial charge in [0.2, 0.25) is 17.8 Å². The maximum Gasteiger partial charge on any atom is 0.243 e. The number of nitrogens with one attached hydrogen (secondary N) is 2. The first kappa shape index (κ1) is 12.4. The van der Waals surface area contributed by atoms with Gasteiger partial charge in [-0.25, -0.2) is 5.84 Å². The first-order valence-electron chi connectivity index (χ1n) is 5.16. The number of hydrogen-bond acceptors (Lipinski definition) is 7. The zero-order chi connectivity index (χ0) is 12.1. The van der Waals surface area contributed by atoms with E-state index in [1.807, 2.05) is 14.1 Å². The van der Waals surface area contributed by atoms with Crippen molar-refractivity contribution < 1.29 is 0 Å². The van der Waals surface area contributed by atoms with E-state index in [1.165, 1.54) is 0 Å². The van der Waals surface area contributed by atoms with E-state index in [2.05, 4.69) is 39.5 Å². The molecule has 0 unspecified atom stereocenters. The van der Waals surface area contributed by atoms with Crippen molar-refractivity contribution in [1.29, 1.82) is 0 Å². The second-order valence-corrected chi connectivity index (χ2v) is 4.10. The van der Waals surface area contributed by atoms with Crippen molar-refractivity contribution >= 4 is 17.8 Å². The third-order valence-corrected chi connectivity index (χ3v) is 1.82. The lowest BCUT2D eigenvalue weighted by molar-refractivity contribution is 0.684. The van der Waals surface area contributed by atoms with Gasteiger partial charge in [-0.15, -0.1) is 0 Å². The number of nitrogens with zero attached hydrogens (tertiary/aromatic N) is 4. The number of hydrazine groups is 1. The maximum atomic E-state index is 5.29. The van der Waals surface area contributed by atoms with Crippen LogP contribution in [0.2, 0.25) is 0 Å². The highest BCUT2D eigenvalue weighted by Crippen LogP contribution is 2.10. The van der Waals surface area contributed by atoms with Gasteiger partial charge in [0.05, 0.1) is 0 Å². The Balaban J connectivity index is 2.86. The van der Waals surface area contributed by atoms with Crippen LogP contribution in [0.5, 0.6) is 0 Å². The van der Waals surface area contributed by atoms with Gasteiger partial charge in [0, 0.05) is 20.6 Å². The Morgan fingerprint density at radius 2 is 1.81 bits per heavy atom. The summed E-state index contributed by atoms with van der Waals surface area (Å²) in [5.74, 6) is 7.26. The fraction of sp³-hybridized carbons (Fsp3) is 0.667. The van der Waals surface area contributed by atoms with E-state index in [9.17, 15) is 0 Å². The molecule has 0 aliphatic rings. The number of hydrogen-bond donors (Lipinski definition) is 3. The van der Waals surface area contributed by atoms with Crippen LogP contribution in [0.3, 0.4) is 0 Å². The summed E-state index contributed by atoms with van der Waals surface area (Å²) < 4.78 is 0. The predicted octanol–water partition coefficient (Wildman–Crippen LogP) is 0.291. The lowest BCUT2D eigenvalue weighted by atomic mass is 10.2. The predicted molar refractivity (Wildman–Crippen MR) is 65.3 cm³/mol. The molecule has 0 saturated heterocycles. The smallest absolute Gasteiger partial charge is 0.243 e. The van der Waals surface area contributed by atoms with Crippen LogP contribution in [0.25, 0.3) is 0 Å². The number of rotatable bonds is 5. The number of anilines is 3. The quantitative estimate of drug-likeness (QED) is 0.490. The minimum atomic E-state index is 0.352. The van der Waals surface area contributed by atoms with Crippen LogP contribution in [0.4, 0.5) is 17.8 Å². The van der Waals surface area contributed by atoms with Crippen LogP contribution in [-0.4, -0.2) is 35.6 Å². The van der Waals surface area contributed by atoms with Crippen molar-refractivity contribution in [3.63, 3.8) is 0 Å². The minimum absolute atomic E-state index is 0.352. The van der Waals surface area contributed by atoms with Crippen LogP contribution in [-0.2, 0) is 0 Å². The van der Waals surface area contributed by atoms with Gasteiger partial charge in [0.15, 0.2) is 0 Å². The van der Waals surface area contributed by atoms with E-state index in [-0.39, 0.29) is 0 Å². The summed E-state index contributed by atoms with van der Waals surface area (Å²) in [6.07, 6.45) is 0. The van der Waals surface area contributed by atoms with Crippen molar-refractivity contribution in [3.05, 3.63) is 0 Å². The Labute approximate surface area is 95.4 Å². The maximum absolute atomic E-state index is 5.29. The average molecular weight is 225 g/mol. The van der Waals surface area contributed by atoms with Crippen molar-refractivity contribution in [1.82, 2.24) is 15.0 Å². The van der Waals surface area contributed by atoms with Crippen LogP contribution in [0.1, 0.15) is 13.8 Å². The molecule has 0 bridgehead atoms. The van der Waals surface area contributed by atoms with Crippen LogP contribution < -0.4 is 21.5 Å². The molecule has 0 atom stereocenters. The molecule has 0 spiro atoms. The highest BCUT2D eigenvalue weighted by Gasteiger charge is 2.07. The van der Waals surface area contributed by atoms with E-state index in [1.54, 1.807) is 4.90 Å². The van der Waals surface area contributed by atoms with E-state index < -0.39 is 0 Å². The minimum Gasteiger partial charge on any atom is -0.354 e. The Kier molecular flexibility index (Phi) is 4.24. The van der Waals surface area contributed by atoms with Gasteiger partial charge in [-0.05, 0) is 5.92 Å². The number of aromatic nitrogens is 3. The highest BCUT2D eigenvalue weighted by molar-refractivity contribution is 5.42. The molecule has 1 aromatic heterocycles. The number of nitrogens with two attached hydrogens (primary N) is 1. The SMILES string of the molecule is CC(C)CNc1nc(NN)nc(N(C)C)n1. The van der Waals surface area contributed by atoms with Crippen molar-refractivity contribution in [2.45, 2.75) is 13.8 Å². The van der Waals surface area contributed by atoms with Gasteiger partial charge in [0.1, 0.15) is 0 Å². The summed E-state index contributed by atoms with van der Waals surface area (Å²) in [5, 5.41) is 3.13. The molecule has 0 saturated carbocycles. The molecule has 0 radical (unpaired) electrons. The second kappa shape index (κ2) is 5.45. The zero-order valence-electron chi connectivity index (χ0n) is 10.2. The third-order valence-electron chi connectivity index (χ3n) is 1.82. The third kappa shape index (κ3) is 3.50. The molecule has 4 N–H and O–H groups in total. The van der Waals surface area contributed by atoms with Gasteiger partial charge in [-0.1, -0.05) is 13.8 Å². The normalized spacial score (nSPS) is 10.4. The standard InChI is InChI=1S/C9H19N7/c1-6(2)5-11-7-12-8(15-10)14-9(13-7)16(3)4/h6H,5,10H2,1-4H3,(H2,11,12,13,14,15). The lowest BCUT2D eigenvalue weighted by Gasteiger charge is -2.13. The van der Waals surface area contributed by atoms with Crippen LogP contribution >= 0.6 is 0 Å². The lowest BCUT2D eigenvalue weighted by Crippen LogP contribution is -2.20. The topological polar surface area (TPSA) is 92.0 Å². The molecule has 0 aromatic carbocycles. The summed E-state index contributed by atoms with van der Waals surface area (Å²) in [6.45, 7) is 5.03. The summed E-state index contributed by atoms with van der Waals surface area (Å²) in [6, 6.07) is 0. The second-order valence-electron chi connectivity index (χ2n) is 4.10. The largest absolute Gasteiger partial charge is 0.354 e. The van der Waals surface area contributed by atoms with Gasteiger partial charge in [-0.2, -0.15) is 15.0 Å². The van der Waals surface area contributed by atoms with E-state index in [4.69, 9.17) is 5.84 Å². The van der Waals surface area contributed by atoms with Gasteiger partial charge < -0.3 is 10.2 Å². The molecule has 0 aliphatic heterocycles. The zero-order valence-corrected chi connectivity index (χ0v) is 10.2. The van der Waals surface area contributed by atoms with Crippen LogP contribution in [0, 0.1) is 5.92 Å². The molecule has 1 heterocycles. The average Bonchev–Trinajstić information content (AvgIpc) is 2.25. The molecule has 7 heteroatoms. The van der Waals surface area contributed by atoms with Gasteiger partial charge in [0.25, 0.3) is 0 Å². The molecule has 1 rings (SSSR count).